The summed E-state index contributed by atoms with van der Waals surface area (Å²) in [6.45, 7) is 1.41. The van der Waals surface area contributed by atoms with Gasteiger partial charge in [-0.1, -0.05) is 60.7 Å². The minimum atomic E-state index is -0.786. The number of unbranched alkanes of at least 4 members (excludes halogenated alkanes) is 2. The minimum absolute atomic E-state index is 0.00585. The second kappa shape index (κ2) is 11.9. The molecule has 0 unspecified atom stereocenters. The van der Waals surface area contributed by atoms with Gasteiger partial charge in [0.1, 0.15) is 0 Å². The first-order valence-corrected chi connectivity index (χ1v) is 11.9. The maximum atomic E-state index is 13.1. The summed E-state index contributed by atoms with van der Waals surface area (Å²) in [4.78, 5) is 34.8. The third-order valence-electron chi connectivity index (χ3n) is 6.02. The zero-order valence-corrected chi connectivity index (χ0v) is 19.6. The number of rotatable bonds is 10. The van der Waals surface area contributed by atoms with Gasteiger partial charge in [-0.2, -0.15) is 0 Å². The Morgan fingerprint density at radius 2 is 1.60 bits per heavy atom. The van der Waals surface area contributed by atoms with E-state index in [4.69, 9.17) is 5.11 Å². The van der Waals surface area contributed by atoms with Crippen LogP contribution in [0.2, 0.25) is 0 Å². The zero-order valence-electron chi connectivity index (χ0n) is 19.6. The number of carboxylic acids is 1. The van der Waals surface area contributed by atoms with Crippen LogP contribution in [0.4, 0.5) is 11.4 Å². The van der Waals surface area contributed by atoms with Crippen molar-refractivity contribution in [1.29, 1.82) is 0 Å². The van der Waals surface area contributed by atoms with Gasteiger partial charge in [0.05, 0.1) is 11.4 Å². The van der Waals surface area contributed by atoms with Gasteiger partial charge in [0.25, 0.3) is 5.91 Å². The van der Waals surface area contributed by atoms with Gasteiger partial charge in [-0.25, -0.2) is 0 Å². The first-order valence-electron chi connectivity index (χ1n) is 11.9. The van der Waals surface area contributed by atoms with E-state index in [2.05, 4.69) is 22.1 Å². The van der Waals surface area contributed by atoms with Gasteiger partial charge < -0.3 is 10.0 Å². The molecular formula is C29H29N3O3. The summed E-state index contributed by atoms with van der Waals surface area (Å²) >= 11 is 0. The van der Waals surface area contributed by atoms with Crippen molar-refractivity contribution in [3.63, 3.8) is 0 Å². The normalized spacial score (nSPS) is 13.9. The lowest BCUT2D eigenvalue weighted by molar-refractivity contribution is -0.137. The topological polar surface area (TPSA) is 82.3 Å². The summed E-state index contributed by atoms with van der Waals surface area (Å²) in [5, 5.41) is 8.79. The van der Waals surface area contributed by atoms with Crippen molar-refractivity contribution < 1.29 is 14.7 Å². The molecule has 178 valence electrons. The molecule has 1 aliphatic heterocycles. The first kappa shape index (κ1) is 24.1. The molecular weight excluding hydrogens is 438 g/mol. The number of amides is 1. The van der Waals surface area contributed by atoms with Crippen molar-refractivity contribution in [1.82, 2.24) is 4.90 Å². The van der Waals surface area contributed by atoms with E-state index in [9.17, 15) is 9.59 Å². The molecule has 0 bridgehead atoms. The number of hydrogen-bond donors (Lipinski definition) is 1. The number of carboxylic acid groups (broad SMARTS) is 1. The highest BCUT2D eigenvalue weighted by atomic mass is 16.4. The number of aliphatic imine (C=N–C) groups is 2. The quantitative estimate of drug-likeness (QED) is 0.292. The summed E-state index contributed by atoms with van der Waals surface area (Å²) in [5.41, 5.74) is 4.13. The van der Waals surface area contributed by atoms with E-state index in [0.29, 0.717) is 48.8 Å². The summed E-state index contributed by atoms with van der Waals surface area (Å²) < 4.78 is 0. The Morgan fingerprint density at radius 1 is 0.886 bits per heavy atom. The first-order chi connectivity index (χ1) is 17.1. The standard InChI is InChI=1S/C29H29N3O3/c33-28(34)14-8-3-9-17-30-27-18-24(15-16-26(27)31-19-22-10-4-1-5-11-22)29(35)32-20-25(21-32)23-12-6-2-7-13-23/h1-2,4-7,10-13,15-19,25H,3,8-9,14,20-21H2,(H,33,34). The van der Waals surface area contributed by atoms with Crippen LogP contribution in [0.3, 0.4) is 0 Å². The van der Waals surface area contributed by atoms with Crippen molar-refractivity contribution in [2.75, 3.05) is 13.1 Å². The largest absolute Gasteiger partial charge is 0.481 e. The summed E-state index contributed by atoms with van der Waals surface area (Å²) in [6, 6.07) is 25.5. The molecule has 3 aromatic carbocycles. The molecule has 35 heavy (non-hydrogen) atoms. The highest BCUT2D eigenvalue weighted by molar-refractivity contribution is 5.97. The van der Waals surface area contributed by atoms with Gasteiger partial charge in [0.2, 0.25) is 0 Å². The fourth-order valence-corrected chi connectivity index (χ4v) is 3.99. The van der Waals surface area contributed by atoms with Gasteiger partial charge in [0.15, 0.2) is 0 Å². The number of hydrogen-bond acceptors (Lipinski definition) is 4. The lowest BCUT2D eigenvalue weighted by Crippen LogP contribution is -2.48. The number of aliphatic carboxylic acids is 1. The average Bonchev–Trinajstić information content (AvgIpc) is 2.85. The summed E-state index contributed by atoms with van der Waals surface area (Å²) in [5.74, 6) is -0.418. The predicted molar refractivity (Wildman–Crippen MR) is 139 cm³/mol. The Balaban J connectivity index is 1.47. The van der Waals surface area contributed by atoms with Gasteiger partial charge in [-0.3, -0.25) is 19.6 Å². The van der Waals surface area contributed by atoms with E-state index in [-0.39, 0.29) is 12.3 Å². The number of benzene rings is 3. The average molecular weight is 468 g/mol. The van der Waals surface area contributed by atoms with Crippen LogP contribution >= 0.6 is 0 Å². The van der Waals surface area contributed by atoms with Crippen LogP contribution < -0.4 is 0 Å². The van der Waals surface area contributed by atoms with Gasteiger partial charge in [-0.05, 0) is 48.6 Å². The molecule has 0 saturated carbocycles. The Labute approximate surface area is 205 Å². The van der Waals surface area contributed by atoms with Crippen LogP contribution in [-0.4, -0.2) is 47.4 Å². The second-order valence-electron chi connectivity index (χ2n) is 8.64. The molecule has 6 nitrogen and oxygen atoms in total. The van der Waals surface area contributed by atoms with Gasteiger partial charge in [-0.15, -0.1) is 0 Å². The van der Waals surface area contributed by atoms with Crippen LogP contribution in [0.25, 0.3) is 0 Å². The van der Waals surface area contributed by atoms with Crippen molar-refractivity contribution in [2.45, 2.75) is 31.6 Å². The molecule has 1 fully saturated rings. The third kappa shape index (κ3) is 6.73. The Hall–Kier alpha value is -4.06. The molecule has 1 N–H and O–H groups in total. The van der Waals surface area contributed by atoms with E-state index in [0.717, 1.165) is 12.0 Å². The Kier molecular flexibility index (Phi) is 8.17. The SMILES string of the molecule is O=C(O)CCCCC=Nc1cc(C(=O)N2CC(c3ccccc3)C2)ccc1N=Cc1ccccc1. The predicted octanol–water partition coefficient (Wildman–Crippen LogP) is 6.02. The molecule has 1 saturated heterocycles. The molecule has 4 rings (SSSR count). The fourth-order valence-electron chi connectivity index (χ4n) is 3.99. The van der Waals surface area contributed by atoms with Crippen molar-refractivity contribution in [3.8, 4) is 0 Å². The smallest absolute Gasteiger partial charge is 0.303 e. The van der Waals surface area contributed by atoms with Crippen LogP contribution in [0, 0.1) is 0 Å². The summed E-state index contributed by atoms with van der Waals surface area (Å²) in [7, 11) is 0. The van der Waals surface area contributed by atoms with E-state index < -0.39 is 5.97 Å². The highest BCUT2D eigenvalue weighted by Gasteiger charge is 2.32. The number of carbonyl (C=O) groups is 2. The van der Waals surface area contributed by atoms with Crippen molar-refractivity contribution in [2.24, 2.45) is 9.98 Å². The second-order valence-corrected chi connectivity index (χ2v) is 8.64. The van der Waals surface area contributed by atoms with Crippen LogP contribution in [0.5, 0.6) is 0 Å². The molecule has 0 aliphatic carbocycles. The van der Waals surface area contributed by atoms with Crippen molar-refractivity contribution >= 4 is 35.7 Å². The lowest BCUT2D eigenvalue weighted by Gasteiger charge is -2.39. The minimum Gasteiger partial charge on any atom is -0.481 e. The van der Waals surface area contributed by atoms with Gasteiger partial charge in [0, 0.05) is 43.4 Å². The van der Waals surface area contributed by atoms with Crippen molar-refractivity contribution in [3.05, 3.63) is 95.6 Å². The van der Waals surface area contributed by atoms with Crippen LogP contribution in [-0.2, 0) is 4.79 Å². The van der Waals surface area contributed by atoms with E-state index in [1.54, 1.807) is 18.5 Å². The molecule has 3 aromatic rings. The molecule has 6 heteroatoms. The number of nitrogens with zero attached hydrogens (tertiary/aromatic N) is 3. The lowest BCUT2D eigenvalue weighted by atomic mass is 9.91. The fraction of sp³-hybridized carbons (Fsp3) is 0.241. The van der Waals surface area contributed by atoms with E-state index in [1.807, 2.05) is 65.6 Å². The maximum Gasteiger partial charge on any atom is 0.303 e. The van der Waals surface area contributed by atoms with Gasteiger partial charge >= 0.3 is 5.97 Å². The third-order valence-corrected chi connectivity index (χ3v) is 6.02. The van der Waals surface area contributed by atoms with E-state index in [1.165, 1.54) is 5.56 Å². The van der Waals surface area contributed by atoms with Crippen LogP contribution in [0.15, 0.2) is 88.8 Å². The molecule has 0 spiro atoms. The zero-order chi connectivity index (χ0) is 24.5. The monoisotopic (exact) mass is 467 g/mol. The molecule has 1 heterocycles. The Bertz CT molecular complexity index is 1200. The number of likely N-dealkylation sites (tertiary alicyclic amines) is 1. The highest BCUT2D eigenvalue weighted by Crippen LogP contribution is 2.32. The van der Waals surface area contributed by atoms with E-state index >= 15 is 0 Å². The molecule has 0 aromatic heterocycles. The number of carbonyl (C=O) groups excluding carboxylic acids is 1. The van der Waals surface area contributed by atoms with Crippen LogP contribution in [0.1, 0.15) is 53.1 Å². The maximum absolute atomic E-state index is 13.1. The molecule has 1 amide bonds. The Morgan fingerprint density at radius 3 is 2.31 bits per heavy atom. The summed E-state index contributed by atoms with van der Waals surface area (Å²) in [6.07, 6.45) is 5.73. The molecule has 0 atom stereocenters. The molecule has 1 aliphatic rings. The molecule has 0 radical (unpaired) electrons.